The van der Waals surface area contributed by atoms with Gasteiger partial charge in [-0.25, -0.2) is 4.98 Å². The first kappa shape index (κ1) is 5.58. The molecule has 0 radical (unpaired) electrons. The van der Waals surface area contributed by atoms with E-state index in [1.54, 1.807) is 6.20 Å². The van der Waals surface area contributed by atoms with Crippen LogP contribution in [0.15, 0.2) is 12.5 Å². The van der Waals surface area contributed by atoms with Crippen molar-refractivity contribution < 1.29 is 0 Å². The van der Waals surface area contributed by atoms with E-state index in [1.807, 2.05) is 0 Å². The van der Waals surface area contributed by atoms with Crippen molar-refractivity contribution in [1.82, 2.24) is 35.0 Å². The molecular weight excluding hydrogens is 158 g/mol. The molecule has 7 nitrogen and oxygen atoms in total. The first-order chi connectivity index (χ1) is 5.95. The SMILES string of the molecule is c1nc2ncc3n[nH]nc3n2n1. The Kier molecular flexibility index (Phi) is 0.817. The first-order valence-electron chi connectivity index (χ1n) is 3.30. The van der Waals surface area contributed by atoms with Gasteiger partial charge in [0.05, 0.1) is 6.20 Å². The molecule has 3 aromatic rings. The van der Waals surface area contributed by atoms with E-state index in [-0.39, 0.29) is 0 Å². The number of H-pyrrole nitrogens is 1. The molecule has 0 fully saturated rings. The summed E-state index contributed by atoms with van der Waals surface area (Å²) in [6, 6.07) is 0. The molecule has 3 rings (SSSR count). The zero-order chi connectivity index (χ0) is 7.97. The summed E-state index contributed by atoms with van der Waals surface area (Å²) in [7, 11) is 0. The minimum atomic E-state index is 0.524. The number of rotatable bonds is 0. The molecule has 0 amide bonds. The van der Waals surface area contributed by atoms with Crippen molar-refractivity contribution in [2.75, 3.05) is 0 Å². The van der Waals surface area contributed by atoms with E-state index < -0.39 is 0 Å². The Morgan fingerprint density at radius 3 is 3.25 bits per heavy atom. The molecule has 3 aromatic heterocycles. The van der Waals surface area contributed by atoms with Crippen LogP contribution in [0.1, 0.15) is 0 Å². The summed E-state index contributed by atoms with van der Waals surface area (Å²) in [5.74, 6) is 0.524. The third kappa shape index (κ3) is 0.529. The summed E-state index contributed by atoms with van der Waals surface area (Å²) in [6.45, 7) is 0. The van der Waals surface area contributed by atoms with Crippen molar-refractivity contribution in [2.24, 2.45) is 0 Å². The summed E-state index contributed by atoms with van der Waals surface area (Å²) in [5.41, 5.74) is 1.31. The monoisotopic (exact) mass is 161 g/mol. The average Bonchev–Trinajstić information content (AvgIpc) is 2.71. The Hall–Kier alpha value is -2.05. The lowest BCUT2D eigenvalue weighted by Crippen LogP contribution is -1.92. The molecule has 0 bridgehead atoms. The van der Waals surface area contributed by atoms with E-state index in [2.05, 4.69) is 30.5 Å². The topological polar surface area (TPSA) is 84.6 Å². The van der Waals surface area contributed by atoms with Crippen LogP contribution >= 0.6 is 0 Å². The molecule has 7 heteroatoms. The molecular formula is C5H3N7. The number of hydrogen-bond acceptors (Lipinski definition) is 5. The van der Waals surface area contributed by atoms with Crippen molar-refractivity contribution in [1.29, 1.82) is 0 Å². The second kappa shape index (κ2) is 1.76. The van der Waals surface area contributed by atoms with E-state index in [9.17, 15) is 0 Å². The van der Waals surface area contributed by atoms with Crippen LogP contribution in [0.2, 0.25) is 0 Å². The number of nitrogens with zero attached hydrogens (tertiary/aromatic N) is 6. The Morgan fingerprint density at radius 2 is 2.25 bits per heavy atom. The van der Waals surface area contributed by atoms with E-state index in [0.29, 0.717) is 16.9 Å². The van der Waals surface area contributed by atoms with E-state index in [4.69, 9.17) is 0 Å². The second-order valence-electron chi connectivity index (χ2n) is 2.26. The molecule has 58 valence electrons. The number of hydrogen-bond donors (Lipinski definition) is 1. The molecule has 12 heavy (non-hydrogen) atoms. The zero-order valence-corrected chi connectivity index (χ0v) is 5.84. The maximum absolute atomic E-state index is 4.01. The van der Waals surface area contributed by atoms with Gasteiger partial charge in [0.25, 0.3) is 5.78 Å². The van der Waals surface area contributed by atoms with Gasteiger partial charge >= 0.3 is 0 Å². The quantitative estimate of drug-likeness (QED) is 0.475. The minimum Gasteiger partial charge on any atom is -0.217 e. The predicted molar refractivity (Wildman–Crippen MR) is 38.2 cm³/mol. The molecule has 0 spiro atoms. The maximum Gasteiger partial charge on any atom is 0.254 e. The molecule has 0 saturated heterocycles. The highest BCUT2D eigenvalue weighted by Crippen LogP contribution is 2.05. The van der Waals surface area contributed by atoms with Crippen molar-refractivity contribution >= 4 is 16.9 Å². The number of aromatic amines is 1. The molecule has 1 N–H and O–H groups in total. The summed E-state index contributed by atoms with van der Waals surface area (Å²) in [5, 5.41) is 14.2. The van der Waals surface area contributed by atoms with E-state index in [1.165, 1.54) is 10.8 Å². The molecule has 3 heterocycles. The van der Waals surface area contributed by atoms with Gasteiger partial charge in [-0.2, -0.15) is 24.9 Å². The summed E-state index contributed by atoms with van der Waals surface area (Å²) in [6.07, 6.45) is 3.03. The highest BCUT2D eigenvalue weighted by molar-refractivity contribution is 5.69. The molecule has 0 aliphatic rings. The van der Waals surface area contributed by atoms with Crippen LogP contribution in [0.4, 0.5) is 0 Å². The standard InChI is InChI=1S/C5H3N7/c1-3-4(10-11-9-3)12-5(6-1)7-2-8-12/h1-2H,(H,9,10,11). The summed E-state index contributed by atoms with van der Waals surface area (Å²) in [4.78, 5) is 7.92. The third-order valence-corrected chi connectivity index (χ3v) is 1.59. The summed E-state index contributed by atoms with van der Waals surface area (Å²) < 4.78 is 1.53. The van der Waals surface area contributed by atoms with Gasteiger partial charge in [-0.3, -0.25) is 0 Å². The van der Waals surface area contributed by atoms with Crippen LogP contribution in [0.25, 0.3) is 16.9 Å². The van der Waals surface area contributed by atoms with Crippen LogP contribution in [0.3, 0.4) is 0 Å². The minimum absolute atomic E-state index is 0.524. The Labute approximate surface area is 65.4 Å². The second-order valence-corrected chi connectivity index (χ2v) is 2.26. The highest BCUT2D eigenvalue weighted by atomic mass is 15.4. The lowest BCUT2D eigenvalue weighted by atomic mass is 10.6. The van der Waals surface area contributed by atoms with Gasteiger partial charge in [0.15, 0.2) is 0 Å². The fourth-order valence-corrected chi connectivity index (χ4v) is 1.07. The molecule has 0 saturated carbocycles. The molecule has 0 atom stereocenters. The van der Waals surface area contributed by atoms with Crippen LogP contribution in [-0.4, -0.2) is 35.0 Å². The van der Waals surface area contributed by atoms with Crippen LogP contribution < -0.4 is 0 Å². The van der Waals surface area contributed by atoms with Crippen LogP contribution in [0.5, 0.6) is 0 Å². The van der Waals surface area contributed by atoms with Crippen molar-refractivity contribution in [3.63, 3.8) is 0 Å². The fraction of sp³-hybridized carbons (Fsp3) is 0. The van der Waals surface area contributed by atoms with E-state index >= 15 is 0 Å². The van der Waals surface area contributed by atoms with Gasteiger partial charge in [0, 0.05) is 0 Å². The van der Waals surface area contributed by atoms with Gasteiger partial charge in [0.1, 0.15) is 11.8 Å². The average molecular weight is 161 g/mol. The Bertz CT molecular complexity index is 485. The molecule has 0 aliphatic heterocycles. The molecule has 0 unspecified atom stereocenters. The largest absolute Gasteiger partial charge is 0.254 e. The van der Waals surface area contributed by atoms with Gasteiger partial charge in [-0.15, -0.1) is 5.10 Å². The van der Waals surface area contributed by atoms with Crippen LogP contribution in [-0.2, 0) is 0 Å². The van der Waals surface area contributed by atoms with Crippen molar-refractivity contribution in [3.05, 3.63) is 12.5 Å². The Balaban J connectivity index is 2.71. The fourth-order valence-electron chi connectivity index (χ4n) is 1.07. The van der Waals surface area contributed by atoms with Gasteiger partial charge in [-0.1, -0.05) is 0 Å². The highest BCUT2D eigenvalue weighted by Gasteiger charge is 2.04. The van der Waals surface area contributed by atoms with Gasteiger partial charge in [-0.05, 0) is 0 Å². The lowest BCUT2D eigenvalue weighted by molar-refractivity contribution is 0.921. The molecule has 0 aromatic carbocycles. The zero-order valence-electron chi connectivity index (χ0n) is 5.84. The number of nitrogens with one attached hydrogen (secondary N) is 1. The predicted octanol–water partition coefficient (Wildman–Crippen LogP) is -0.604. The lowest BCUT2D eigenvalue weighted by Gasteiger charge is -1.87. The molecule has 0 aliphatic carbocycles. The first-order valence-corrected chi connectivity index (χ1v) is 3.30. The van der Waals surface area contributed by atoms with Crippen molar-refractivity contribution in [3.8, 4) is 0 Å². The number of fused-ring (bicyclic) bond motifs is 3. The van der Waals surface area contributed by atoms with Crippen molar-refractivity contribution in [2.45, 2.75) is 0 Å². The number of aromatic nitrogens is 7. The van der Waals surface area contributed by atoms with Crippen LogP contribution in [0, 0.1) is 0 Å². The van der Waals surface area contributed by atoms with Gasteiger partial charge < -0.3 is 0 Å². The Morgan fingerprint density at radius 1 is 1.25 bits per heavy atom. The normalized spacial score (nSPS) is 11.3. The van der Waals surface area contributed by atoms with Gasteiger partial charge in [0.2, 0.25) is 5.65 Å². The summed E-state index contributed by atoms with van der Waals surface area (Å²) >= 11 is 0. The maximum atomic E-state index is 4.01. The van der Waals surface area contributed by atoms with E-state index in [0.717, 1.165) is 0 Å². The third-order valence-electron chi connectivity index (χ3n) is 1.59. The smallest absolute Gasteiger partial charge is 0.217 e.